The summed E-state index contributed by atoms with van der Waals surface area (Å²) in [6.07, 6.45) is 0. The molecule has 0 N–H and O–H groups in total. The molecule has 0 amide bonds. The van der Waals surface area contributed by atoms with Gasteiger partial charge in [-0.3, -0.25) is 9.59 Å². The molecule has 0 atom stereocenters. The minimum atomic E-state index is -0.0779. The number of carbonyl (C=O) groups excluding carboxylic acids is 2. The van der Waals surface area contributed by atoms with Crippen molar-refractivity contribution < 1.29 is 9.59 Å². The van der Waals surface area contributed by atoms with Crippen LogP contribution in [0, 0.1) is 0 Å². The molecule has 0 fully saturated rings. The van der Waals surface area contributed by atoms with Crippen LogP contribution in [-0.2, 0) is 0 Å². The average Bonchev–Trinajstić information content (AvgIpc) is 2.65. The van der Waals surface area contributed by atoms with Gasteiger partial charge in [-0.05, 0) is 22.6 Å². The Labute approximate surface area is 147 Å². The first-order valence-corrected chi connectivity index (χ1v) is 8.49. The van der Waals surface area contributed by atoms with Gasteiger partial charge in [-0.2, -0.15) is 0 Å². The molecule has 1 aliphatic rings. The van der Waals surface area contributed by atoms with Crippen LogP contribution in [0.4, 0.5) is 0 Å². The SMILES string of the molecule is CC(C)c1ccc(-c2cccc3c2C(=O)c2ccccc2C3=O)cc1. The van der Waals surface area contributed by atoms with E-state index >= 15 is 0 Å². The van der Waals surface area contributed by atoms with Crippen LogP contribution in [-0.4, -0.2) is 11.6 Å². The van der Waals surface area contributed by atoms with E-state index in [0.717, 1.165) is 11.1 Å². The van der Waals surface area contributed by atoms with Crippen LogP contribution in [0.15, 0.2) is 66.7 Å². The summed E-state index contributed by atoms with van der Waals surface area (Å²) in [5.41, 5.74) is 5.03. The van der Waals surface area contributed by atoms with Gasteiger partial charge in [-0.25, -0.2) is 0 Å². The number of hydrogen-bond donors (Lipinski definition) is 0. The van der Waals surface area contributed by atoms with E-state index in [1.165, 1.54) is 5.56 Å². The maximum atomic E-state index is 13.1. The highest BCUT2D eigenvalue weighted by atomic mass is 16.1. The maximum Gasteiger partial charge on any atom is 0.195 e. The van der Waals surface area contributed by atoms with Crippen molar-refractivity contribution in [3.8, 4) is 11.1 Å². The van der Waals surface area contributed by atoms with Gasteiger partial charge in [0.25, 0.3) is 0 Å². The molecule has 0 spiro atoms. The fraction of sp³-hybridized carbons (Fsp3) is 0.130. The largest absolute Gasteiger partial charge is 0.289 e. The van der Waals surface area contributed by atoms with E-state index in [4.69, 9.17) is 0 Å². The van der Waals surface area contributed by atoms with Crippen molar-refractivity contribution in [1.29, 1.82) is 0 Å². The van der Waals surface area contributed by atoms with E-state index in [-0.39, 0.29) is 11.6 Å². The summed E-state index contributed by atoms with van der Waals surface area (Å²) >= 11 is 0. The topological polar surface area (TPSA) is 34.1 Å². The van der Waals surface area contributed by atoms with Crippen LogP contribution >= 0.6 is 0 Å². The van der Waals surface area contributed by atoms with E-state index in [2.05, 4.69) is 26.0 Å². The molecule has 0 saturated carbocycles. The van der Waals surface area contributed by atoms with Crippen LogP contribution in [0.1, 0.15) is 57.2 Å². The number of fused-ring (bicyclic) bond motifs is 2. The Bertz CT molecular complexity index is 995. The van der Waals surface area contributed by atoms with E-state index in [1.54, 1.807) is 30.3 Å². The standard InChI is InChI=1S/C23H18O2/c1-14(2)15-10-12-16(13-11-15)17-8-5-9-20-21(17)23(25)19-7-4-3-6-18(19)22(20)24/h3-14H,1-2H3. The molecule has 0 aliphatic heterocycles. The third-order valence-electron chi connectivity index (χ3n) is 4.84. The Balaban J connectivity index is 1.90. The summed E-state index contributed by atoms with van der Waals surface area (Å²) in [4.78, 5) is 25.9. The summed E-state index contributed by atoms with van der Waals surface area (Å²) in [5, 5.41) is 0. The third kappa shape index (κ3) is 2.42. The van der Waals surface area contributed by atoms with Gasteiger partial charge >= 0.3 is 0 Å². The third-order valence-corrected chi connectivity index (χ3v) is 4.84. The normalized spacial score (nSPS) is 12.9. The first kappa shape index (κ1) is 15.5. The first-order chi connectivity index (χ1) is 12.1. The Morgan fingerprint density at radius 2 is 1.16 bits per heavy atom. The number of rotatable bonds is 2. The zero-order valence-corrected chi connectivity index (χ0v) is 14.2. The van der Waals surface area contributed by atoms with Crippen LogP contribution in [0.5, 0.6) is 0 Å². The molecule has 4 rings (SSSR count). The highest BCUT2D eigenvalue weighted by Gasteiger charge is 2.31. The van der Waals surface area contributed by atoms with Gasteiger partial charge in [0.15, 0.2) is 11.6 Å². The molecule has 3 aromatic rings. The monoisotopic (exact) mass is 326 g/mol. The molecule has 0 saturated heterocycles. The van der Waals surface area contributed by atoms with Gasteiger partial charge in [0.1, 0.15) is 0 Å². The highest BCUT2D eigenvalue weighted by Crippen LogP contribution is 2.34. The lowest BCUT2D eigenvalue weighted by atomic mass is 9.80. The minimum absolute atomic E-state index is 0.0752. The Hall–Kier alpha value is -3.00. The summed E-state index contributed by atoms with van der Waals surface area (Å²) in [6.45, 7) is 4.30. The van der Waals surface area contributed by atoms with Gasteiger partial charge in [-0.15, -0.1) is 0 Å². The number of ketones is 2. The predicted octanol–water partition coefficient (Wildman–Crippen LogP) is 5.25. The van der Waals surface area contributed by atoms with Crippen molar-refractivity contribution in [2.75, 3.05) is 0 Å². The van der Waals surface area contributed by atoms with Gasteiger partial charge in [0.05, 0.1) is 0 Å². The fourth-order valence-electron chi connectivity index (χ4n) is 3.43. The molecule has 0 unspecified atom stereocenters. The second-order valence-electron chi connectivity index (χ2n) is 6.71. The fourth-order valence-corrected chi connectivity index (χ4v) is 3.43. The minimum Gasteiger partial charge on any atom is -0.289 e. The summed E-state index contributed by atoms with van der Waals surface area (Å²) < 4.78 is 0. The van der Waals surface area contributed by atoms with Crippen molar-refractivity contribution in [1.82, 2.24) is 0 Å². The Morgan fingerprint density at radius 3 is 1.80 bits per heavy atom. The van der Waals surface area contributed by atoms with Gasteiger partial charge in [-0.1, -0.05) is 80.6 Å². The molecule has 0 radical (unpaired) electrons. The molecule has 2 heteroatoms. The van der Waals surface area contributed by atoms with Crippen molar-refractivity contribution in [2.45, 2.75) is 19.8 Å². The molecule has 2 nitrogen and oxygen atoms in total. The average molecular weight is 326 g/mol. The second kappa shape index (κ2) is 5.82. The lowest BCUT2D eigenvalue weighted by molar-refractivity contribution is 0.0979. The van der Waals surface area contributed by atoms with Gasteiger partial charge < -0.3 is 0 Å². The Kier molecular flexibility index (Phi) is 3.61. The van der Waals surface area contributed by atoms with Crippen LogP contribution in [0.3, 0.4) is 0 Å². The molecule has 1 aliphatic carbocycles. The van der Waals surface area contributed by atoms with E-state index in [0.29, 0.717) is 28.2 Å². The quantitative estimate of drug-likeness (QED) is 0.504. The predicted molar refractivity (Wildman–Crippen MR) is 99.3 cm³/mol. The Morgan fingerprint density at radius 1 is 0.600 bits per heavy atom. The smallest absolute Gasteiger partial charge is 0.195 e. The second-order valence-corrected chi connectivity index (χ2v) is 6.71. The maximum absolute atomic E-state index is 13.1. The van der Waals surface area contributed by atoms with Crippen molar-refractivity contribution in [2.24, 2.45) is 0 Å². The molecule has 3 aromatic carbocycles. The lowest BCUT2D eigenvalue weighted by Crippen LogP contribution is -2.21. The molecule has 122 valence electrons. The molecule has 0 heterocycles. The summed E-state index contributed by atoms with van der Waals surface area (Å²) in [7, 11) is 0. The first-order valence-electron chi connectivity index (χ1n) is 8.49. The van der Waals surface area contributed by atoms with Gasteiger partial charge in [0, 0.05) is 22.3 Å². The molecular weight excluding hydrogens is 308 g/mol. The lowest BCUT2D eigenvalue weighted by Gasteiger charge is -2.20. The summed E-state index contributed by atoms with van der Waals surface area (Å²) in [5.74, 6) is 0.299. The molecule has 0 aromatic heterocycles. The molecule has 0 bridgehead atoms. The van der Waals surface area contributed by atoms with E-state index in [1.807, 2.05) is 24.3 Å². The van der Waals surface area contributed by atoms with Crippen LogP contribution < -0.4 is 0 Å². The van der Waals surface area contributed by atoms with Crippen LogP contribution in [0.25, 0.3) is 11.1 Å². The summed E-state index contributed by atoms with van der Waals surface area (Å²) in [6, 6.07) is 20.8. The zero-order chi connectivity index (χ0) is 17.6. The van der Waals surface area contributed by atoms with Crippen molar-refractivity contribution in [3.63, 3.8) is 0 Å². The van der Waals surface area contributed by atoms with Crippen molar-refractivity contribution >= 4 is 11.6 Å². The van der Waals surface area contributed by atoms with Crippen molar-refractivity contribution in [3.05, 3.63) is 94.5 Å². The van der Waals surface area contributed by atoms with E-state index in [9.17, 15) is 9.59 Å². The molecular formula is C23H18O2. The number of hydrogen-bond acceptors (Lipinski definition) is 2. The molecule has 25 heavy (non-hydrogen) atoms. The number of carbonyl (C=O) groups is 2. The van der Waals surface area contributed by atoms with E-state index < -0.39 is 0 Å². The number of benzene rings is 3. The highest BCUT2D eigenvalue weighted by molar-refractivity contribution is 6.30. The van der Waals surface area contributed by atoms with Crippen LogP contribution in [0.2, 0.25) is 0 Å². The van der Waals surface area contributed by atoms with Gasteiger partial charge in [0.2, 0.25) is 0 Å². The zero-order valence-electron chi connectivity index (χ0n) is 14.2.